The standard InChI is InChI=1S/C24H19NO3S2/c1-28-19-11-9-16(10-12-19)18-14-20(21-8-5-13-29-21)25-22(15-18)30-23(24(26)27)17-6-3-2-4-7-17/h2-15,23H,1H3,(H,26,27). The highest BCUT2D eigenvalue weighted by Crippen LogP contribution is 2.38. The van der Waals surface area contributed by atoms with E-state index in [4.69, 9.17) is 9.72 Å². The van der Waals surface area contributed by atoms with Gasteiger partial charge >= 0.3 is 5.97 Å². The van der Waals surface area contributed by atoms with Crippen LogP contribution in [0.15, 0.2) is 89.3 Å². The van der Waals surface area contributed by atoms with Crippen molar-refractivity contribution in [2.24, 2.45) is 0 Å². The van der Waals surface area contributed by atoms with Crippen LogP contribution in [0.25, 0.3) is 21.7 Å². The molecule has 1 N–H and O–H groups in total. The van der Waals surface area contributed by atoms with Gasteiger partial charge < -0.3 is 9.84 Å². The van der Waals surface area contributed by atoms with Crippen LogP contribution in [0.1, 0.15) is 10.8 Å². The summed E-state index contributed by atoms with van der Waals surface area (Å²) in [6, 6.07) is 25.0. The minimum absolute atomic E-state index is 0.669. The molecule has 1 unspecified atom stereocenters. The molecule has 0 radical (unpaired) electrons. The first-order chi connectivity index (χ1) is 14.6. The van der Waals surface area contributed by atoms with Crippen LogP contribution in [0.3, 0.4) is 0 Å². The topological polar surface area (TPSA) is 59.4 Å². The van der Waals surface area contributed by atoms with Gasteiger partial charge in [-0.1, -0.05) is 60.3 Å². The molecule has 4 nitrogen and oxygen atoms in total. The average molecular weight is 434 g/mol. The van der Waals surface area contributed by atoms with E-state index >= 15 is 0 Å². The van der Waals surface area contributed by atoms with E-state index in [1.807, 2.05) is 84.2 Å². The Morgan fingerprint density at radius 3 is 2.40 bits per heavy atom. The van der Waals surface area contributed by atoms with E-state index in [0.717, 1.165) is 33.0 Å². The van der Waals surface area contributed by atoms with Crippen LogP contribution in [-0.4, -0.2) is 23.2 Å². The summed E-state index contributed by atoms with van der Waals surface area (Å²) in [5.74, 6) is -0.101. The third-order valence-electron chi connectivity index (χ3n) is 4.56. The molecule has 0 fully saturated rings. The van der Waals surface area contributed by atoms with Gasteiger partial charge in [0, 0.05) is 0 Å². The van der Waals surface area contributed by atoms with Gasteiger partial charge in [0.2, 0.25) is 0 Å². The monoisotopic (exact) mass is 433 g/mol. The van der Waals surface area contributed by atoms with Crippen LogP contribution < -0.4 is 4.74 Å². The van der Waals surface area contributed by atoms with Crippen molar-refractivity contribution >= 4 is 29.1 Å². The van der Waals surface area contributed by atoms with Crippen molar-refractivity contribution < 1.29 is 14.6 Å². The molecule has 0 aliphatic heterocycles. The summed E-state index contributed by atoms with van der Waals surface area (Å²) in [6.45, 7) is 0. The fourth-order valence-corrected chi connectivity index (χ4v) is 4.74. The van der Waals surface area contributed by atoms with Crippen LogP contribution in [0.5, 0.6) is 5.75 Å². The molecule has 0 aliphatic rings. The van der Waals surface area contributed by atoms with Crippen LogP contribution >= 0.6 is 23.1 Å². The molecule has 2 aromatic carbocycles. The lowest BCUT2D eigenvalue weighted by Crippen LogP contribution is -2.08. The first kappa shape index (κ1) is 20.2. The number of ether oxygens (including phenoxy) is 1. The number of nitrogens with zero attached hydrogens (tertiary/aromatic N) is 1. The number of benzene rings is 2. The second-order valence-electron chi connectivity index (χ2n) is 6.53. The number of methoxy groups -OCH3 is 1. The molecule has 2 heterocycles. The normalized spacial score (nSPS) is 11.8. The Labute approximate surface area is 183 Å². The summed E-state index contributed by atoms with van der Waals surface area (Å²) in [5, 5.41) is 11.8. The molecule has 0 bridgehead atoms. The molecule has 4 aromatic rings. The molecule has 150 valence electrons. The van der Waals surface area contributed by atoms with Gasteiger partial charge in [0.25, 0.3) is 0 Å². The van der Waals surface area contributed by atoms with Crippen molar-refractivity contribution in [1.82, 2.24) is 4.98 Å². The van der Waals surface area contributed by atoms with Crippen molar-refractivity contribution in [3.05, 3.63) is 89.8 Å². The number of thiophene rings is 1. The van der Waals surface area contributed by atoms with Gasteiger partial charge in [0.1, 0.15) is 11.0 Å². The molecular formula is C24H19NO3S2. The number of aliphatic carboxylic acids is 1. The highest BCUT2D eigenvalue weighted by molar-refractivity contribution is 8.00. The second kappa shape index (κ2) is 9.15. The molecule has 0 saturated heterocycles. The van der Waals surface area contributed by atoms with E-state index in [9.17, 15) is 9.90 Å². The zero-order chi connectivity index (χ0) is 20.9. The summed E-state index contributed by atoms with van der Waals surface area (Å²) < 4.78 is 5.26. The molecular weight excluding hydrogens is 414 g/mol. The number of hydrogen-bond donors (Lipinski definition) is 1. The number of rotatable bonds is 7. The number of carbonyl (C=O) groups is 1. The Morgan fingerprint density at radius 1 is 1.00 bits per heavy atom. The van der Waals surface area contributed by atoms with Gasteiger partial charge in [0.15, 0.2) is 0 Å². The van der Waals surface area contributed by atoms with E-state index in [0.29, 0.717) is 5.03 Å². The number of carboxylic acid groups (broad SMARTS) is 1. The number of pyridine rings is 1. The lowest BCUT2D eigenvalue weighted by atomic mass is 10.1. The molecule has 0 saturated carbocycles. The number of thioether (sulfide) groups is 1. The predicted octanol–water partition coefficient (Wildman–Crippen LogP) is 6.40. The Morgan fingerprint density at radius 2 is 1.77 bits per heavy atom. The molecule has 6 heteroatoms. The third kappa shape index (κ3) is 4.56. The first-order valence-corrected chi connectivity index (χ1v) is 11.0. The molecule has 0 spiro atoms. The van der Waals surface area contributed by atoms with Crippen molar-refractivity contribution in [1.29, 1.82) is 0 Å². The summed E-state index contributed by atoms with van der Waals surface area (Å²) >= 11 is 2.86. The minimum Gasteiger partial charge on any atom is -0.497 e. The van der Waals surface area contributed by atoms with E-state index in [1.54, 1.807) is 18.4 Å². The van der Waals surface area contributed by atoms with Crippen molar-refractivity contribution in [2.45, 2.75) is 10.3 Å². The zero-order valence-electron chi connectivity index (χ0n) is 16.2. The fourth-order valence-electron chi connectivity index (χ4n) is 3.08. The number of carboxylic acids is 1. The maximum absolute atomic E-state index is 12.0. The van der Waals surface area contributed by atoms with Gasteiger partial charge in [-0.25, -0.2) is 4.98 Å². The molecule has 4 rings (SSSR count). The van der Waals surface area contributed by atoms with E-state index < -0.39 is 11.2 Å². The van der Waals surface area contributed by atoms with E-state index in [1.165, 1.54) is 11.8 Å². The smallest absolute Gasteiger partial charge is 0.321 e. The SMILES string of the molecule is COc1ccc(-c2cc(SC(C(=O)O)c3ccccc3)nc(-c3cccs3)c2)cc1. The molecule has 1 atom stereocenters. The van der Waals surface area contributed by atoms with Gasteiger partial charge in [-0.15, -0.1) is 11.3 Å². The highest BCUT2D eigenvalue weighted by atomic mass is 32.2. The second-order valence-corrected chi connectivity index (χ2v) is 8.60. The van der Waals surface area contributed by atoms with Crippen LogP contribution in [0, 0.1) is 0 Å². The van der Waals surface area contributed by atoms with Crippen molar-refractivity contribution in [3.63, 3.8) is 0 Å². The molecule has 0 amide bonds. The van der Waals surface area contributed by atoms with Crippen molar-refractivity contribution in [2.75, 3.05) is 7.11 Å². The fraction of sp³-hybridized carbons (Fsp3) is 0.0833. The number of aromatic nitrogens is 1. The molecule has 0 aliphatic carbocycles. The molecule has 30 heavy (non-hydrogen) atoms. The Bertz CT molecular complexity index is 1130. The van der Waals surface area contributed by atoms with Gasteiger partial charge in [0.05, 0.1) is 22.7 Å². The maximum Gasteiger partial charge on any atom is 0.321 e. The Hall–Kier alpha value is -3.09. The molecule has 2 aromatic heterocycles. The average Bonchev–Trinajstić information content (AvgIpc) is 3.33. The quantitative estimate of drug-likeness (QED) is 0.342. The Balaban J connectivity index is 1.76. The summed E-state index contributed by atoms with van der Waals surface area (Å²) in [7, 11) is 1.64. The summed E-state index contributed by atoms with van der Waals surface area (Å²) in [4.78, 5) is 17.8. The lowest BCUT2D eigenvalue weighted by molar-refractivity contribution is -0.136. The van der Waals surface area contributed by atoms with E-state index in [2.05, 4.69) is 0 Å². The van der Waals surface area contributed by atoms with Crippen LogP contribution in [-0.2, 0) is 4.79 Å². The Kier molecular flexibility index (Phi) is 6.16. The van der Waals surface area contributed by atoms with Gasteiger partial charge in [-0.3, -0.25) is 4.79 Å². The maximum atomic E-state index is 12.0. The first-order valence-electron chi connectivity index (χ1n) is 9.29. The summed E-state index contributed by atoms with van der Waals surface area (Å²) in [5.41, 5.74) is 3.57. The third-order valence-corrected chi connectivity index (χ3v) is 6.62. The van der Waals surface area contributed by atoms with Gasteiger partial charge in [-0.05, 0) is 52.4 Å². The minimum atomic E-state index is -0.888. The zero-order valence-corrected chi connectivity index (χ0v) is 17.8. The lowest BCUT2D eigenvalue weighted by Gasteiger charge is -2.14. The summed E-state index contributed by atoms with van der Waals surface area (Å²) in [6.07, 6.45) is 0. The van der Waals surface area contributed by atoms with Crippen LogP contribution in [0.4, 0.5) is 0 Å². The highest BCUT2D eigenvalue weighted by Gasteiger charge is 2.22. The predicted molar refractivity (Wildman–Crippen MR) is 122 cm³/mol. The van der Waals surface area contributed by atoms with Gasteiger partial charge in [-0.2, -0.15) is 0 Å². The van der Waals surface area contributed by atoms with Crippen LogP contribution in [0.2, 0.25) is 0 Å². The van der Waals surface area contributed by atoms with E-state index in [-0.39, 0.29) is 0 Å². The number of hydrogen-bond acceptors (Lipinski definition) is 5. The van der Waals surface area contributed by atoms with Crippen molar-refractivity contribution in [3.8, 4) is 27.4 Å². The largest absolute Gasteiger partial charge is 0.497 e.